The highest BCUT2D eigenvalue weighted by Gasteiger charge is 2.45. The maximum absolute atomic E-state index is 13.2. The van der Waals surface area contributed by atoms with Gasteiger partial charge in [-0.05, 0) is 47.9 Å². The first-order valence-electron chi connectivity index (χ1n) is 12.2. The molecule has 7 nitrogen and oxygen atoms in total. The summed E-state index contributed by atoms with van der Waals surface area (Å²) in [4.78, 5) is 37.6. The third-order valence-electron chi connectivity index (χ3n) is 7.73. The first-order chi connectivity index (χ1) is 16.5. The molecule has 3 aliphatic rings. The average Bonchev–Trinajstić information content (AvgIpc) is 3.56. The fourth-order valence-corrected chi connectivity index (χ4v) is 5.95. The van der Waals surface area contributed by atoms with E-state index in [9.17, 15) is 19.5 Å². The van der Waals surface area contributed by atoms with Gasteiger partial charge in [0.25, 0.3) is 0 Å². The molecule has 5 rings (SSSR count). The number of rotatable bonds is 6. The Morgan fingerprint density at radius 1 is 0.912 bits per heavy atom. The van der Waals surface area contributed by atoms with Crippen molar-refractivity contribution < 1.29 is 24.2 Å². The van der Waals surface area contributed by atoms with Crippen molar-refractivity contribution in [1.29, 1.82) is 0 Å². The first kappa shape index (κ1) is 22.4. The van der Waals surface area contributed by atoms with Crippen LogP contribution in [0.25, 0.3) is 11.1 Å². The van der Waals surface area contributed by atoms with E-state index in [2.05, 4.69) is 34.9 Å². The van der Waals surface area contributed by atoms with E-state index in [1.54, 1.807) is 0 Å². The molecule has 2 saturated carbocycles. The summed E-state index contributed by atoms with van der Waals surface area (Å²) >= 11 is 0. The van der Waals surface area contributed by atoms with E-state index in [0.29, 0.717) is 25.7 Å². The molecule has 0 saturated heterocycles. The smallest absolute Gasteiger partial charge is 0.408 e. The number of hydrogen-bond donors (Lipinski definition) is 3. The molecular formula is C27H30N2O5. The number of carbonyl (C=O) groups is 3. The van der Waals surface area contributed by atoms with Crippen molar-refractivity contribution >= 4 is 18.0 Å². The van der Waals surface area contributed by atoms with Crippen LogP contribution in [0.2, 0.25) is 0 Å². The third-order valence-corrected chi connectivity index (χ3v) is 7.73. The van der Waals surface area contributed by atoms with Gasteiger partial charge in [0.1, 0.15) is 12.1 Å². The SMILES string of the molecule is O=C(NC1(C(=O)N[C@H]2CCC[C@H]2C(=O)O)CCCC1)OCC1c2ccccc2-c2ccccc21. The lowest BCUT2D eigenvalue weighted by Crippen LogP contribution is -2.59. The van der Waals surface area contributed by atoms with Crippen molar-refractivity contribution in [3.63, 3.8) is 0 Å². The van der Waals surface area contributed by atoms with Crippen LogP contribution >= 0.6 is 0 Å². The molecule has 3 aliphatic carbocycles. The van der Waals surface area contributed by atoms with Gasteiger partial charge in [-0.2, -0.15) is 0 Å². The number of amides is 2. The molecule has 178 valence electrons. The van der Waals surface area contributed by atoms with E-state index in [0.717, 1.165) is 41.5 Å². The topological polar surface area (TPSA) is 105 Å². The van der Waals surface area contributed by atoms with Crippen LogP contribution < -0.4 is 10.6 Å². The van der Waals surface area contributed by atoms with Gasteiger partial charge in [-0.15, -0.1) is 0 Å². The largest absolute Gasteiger partial charge is 0.481 e. The van der Waals surface area contributed by atoms with Crippen LogP contribution in [0.3, 0.4) is 0 Å². The number of alkyl carbamates (subject to hydrolysis) is 1. The Hall–Kier alpha value is -3.35. The molecule has 0 aromatic heterocycles. The standard InChI is InChI=1S/C27H30N2O5/c30-24(31)21-12-7-13-23(21)28-25(32)27(14-5-6-15-27)29-26(33)34-16-22-19-10-3-1-8-17(19)18-9-2-4-11-20(18)22/h1-4,8-11,21-23H,5-7,12-16H2,(H,28,32)(H,29,33)(H,30,31)/t21-,23+/m1/s1. The molecule has 2 atom stereocenters. The number of aliphatic carboxylic acids is 1. The highest BCUT2D eigenvalue weighted by Crippen LogP contribution is 2.44. The van der Waals surface area contributed by atoms with Gasteiger partial charge in [0.05, 0.1) is 5.92 Å². The molecular weight excluding hydrogens is 432 g/mol. The molecule has 2 amide bonds. The zero-order valence-electron chi connectivity index (χ0n) is 19.1. The van der Waals surface area contributed by atoms with Crippen LogP contribution in [0.5, 0.6) is 0 Å². The van der Waals surface area contributed by atoms with Crippen molar-refractivity contribution in [3.05, 3.63) is 59.7 Å². The lowest BCUT2D eigenvalue weighted by atomic mass is 9.94. The second-order valence-corrected chi connectivity index (χ2v) is 9.70. The molecule has 2 aromatic carbocycles. The minimum atomic E-state index is -1.05. The maximum Gasteiger partial charge on any atom is 0.408 e. The second-order valence-electron chi connectivity index (χ2n) is 9.70. The number of nitrogens with one attached hydrogen (secondary N) is 2. The number of benzene rings is 2. The minimum absolute atomic E-state index is 0.0543. The number of carboxylic acid groups (broad SMARTS) is 1. The van der Waals surface area contributed by atoms with Crippen molar-refractivity contribution in [1.82, 2.24) is 10.6 Å². The van der Waals surface area contributed by atoms with E-state index < -0.39 is 29.6 Å². The van der Waals surface area contributed by atoms with Gasteiger partial charge in [0.2, 0.25) is 5.91 Å². The number of carbonyl (C=O) groups excluding carboxylic acids is 2. The zero-order chi connectivity index (χ0) is 23.7. The molecule has 0 bridgehead atoms. The summed E-state index contributed by atoms with van der Waals surface area (Å²) in [6.45, 7) is 0.182. The van der Waals surface area contributed by atoms with Gasteiger partial charge in [-0.25, -0.2) is 4.79 Å². The fourth-order valence-electron chi connectivity index (χ4n) is 5.95. The molecule has 0 spiro atoms. The second kappa shape index (κ2) is 9.12. The van der Waals surface area contributed by atoms with Crippen molar-refractivity contribution in [2.75, 3.05) is 6.61 Å². The molecule has 34 heavy (non-hydrogen) atoms. The fraction of sp³-hybridized carbons (Fsp3) is 0.444. The van der Waals surface area contributed by atoms with Crippen LogP contribution in [0.4, 0.5) is 4.79 Å². The Balaban J connectivity index is 1.26. The lowest BCUT2D eigenvalue weighted by molar-refractivity contribution is -0.142. The van der Waals surface area contributed by atoms with Crippen LogP contribution in [-0.4, -0.2) is 41.3 Å². The Kier molecular flexibility index (Phi) is 6.02. The Bertz CT molecular complexity index is 1060. The van der Waals surface area contributed by atoms with Gasteiger partial charge in [0, 0.05) is 12.0 Å². The maximum atomic E-state index is 13.2. The Morgan fingerprint density at radius 3 is 2.15 bits per heavy atom. The average molecular weight is 463 g/mol. The van der Waals surface area contributed by atoms with E-state index in [1.165, 1.54) is 0 Å². The lowest BCUT2D eigenvalue weighted by Gasteiger charge is -2.31. The van der Waals surface area contributed by atoms with Crippen LogP contribution in [0.15, 0.2) is 48.5 Å². The van der Waals surface area contributed by atoms with E-state index >= 15 is 0 Å². The van der Waals surface area contributed by atoms with Crippen LogP contribution in [-0.2, 0) is 14.3 Å². The highest BCUT2D eigenvalue weighted by molar-refractivity contribution is 5.91. The van der Waals surface area contributed by atoms with Crippen LogP contribution in [0, 0.1) is 5.92 Å². The molecule has 2 fully saturated rings. The molecule has 0 heterocycles. The molecule has 3 N–H and O–H groups in total. The van der Waals surface area contributed by atoms with Crippen molar-refractivity contribution in [2.24, 2.45) is 5.92 Å². The van der Waals surface area contributed by atoms with Crippen molar-refractivity contribution in [3.8, 4) is 11.1 Å². The van der Waals surface area contributed by atoms with E-state index in [1.807, 2.05) is 24.3 Å². The first-order valence-corrected chi connectivity index (χ1v) is 12.2. The predicted octanol–water partition coefficient (Wildman–Crippen LogP) is 4.21. The van der Waals surface area contributed by atoms with Crippen molar-refractivity contribution in [2.45, 2.75) is 62.4 Å². The van der Waals surface area contributed by atoms with Gasteiger partial charge in [0.15, 0.2) is 0 Å². The number of hydrogen-bond acceptors (Lipinski definition) is 4. The molecule has 0 radical (unpaired) electrons. The van der Waals surface area contributed by atoms with Gasteiger partial charge >= 0.3 is 12.1 Å². The Morgan fingerprint density at radius 2 is 1.53 bits per heavy atom. The van der Waals surface area contributed by atoms with E-state index in [-0.39, 0.29) is 18.4 Å². The monoisotopic (exact) mass is 462 g/mol. The summed E-state index contributed by atoms with van der Waals surface area (Å²) in [6, 6.07) is 15.9. The summed E-state index contributed by atoms with van der Waals surface area (Å²) in [5.74, 6) is -1.80. The number of ether oxygens (including phenoxy) is 1. The normalized spacial score (nSPS) is 22.6. The molecule has 0 unspecified atom stereocenters. The van der Waals surface area contributed by atoms with E-state index in [4.69, 9.17) is 4.74 Å². The van der Waals surface area contributed by atoms with Gasteiger partial charge in [-0.3, -0.25) is 9.59 Å². The summed E-state index contributed by atoms with van der Waals surface area (Å²) in [5, 5.41) is 15.2. The number of fused-ring (bicyclic) bond motifs is 3. The number of carboxylic acids is 1. The van der Waals surface area contributed by atoms with Crippen LogP contribution in [0.1, 0.15) is 62.0 Å². The Labute approximate surface area is 198 Å². The summed E-state index contributed by atoms with van der Waals surface area (Å²) < 4.78 is 5.68. The minimum Gasteiger partial charge on any atom is -0.481 e. The van der Waals surface area contributed by atoms with Gasteiger partial charge in [-0.1, -0.05) is 67.8 Å². The zero-order valence-corrected chi connectivity index (χ0v) is 19.1. The predicted molar refractivity (Wildman–Crippen MR) is 126 cm³/mol. The summed E-state index contributed by atoms with van der Waals surface area (Å²) in [6.07, 6.45) is 4.06. The molecule has 2 aromatic rings. The summed E-state index contributed by atoms with van der Waals surface area (Å²) in [5.41, 5.74) is 3.52. The highest BCUT2D eigenvalue weighted by atomic mass is 16.5. The molecule has 7 heteroatoms. The third kappa shape index (κ3) is 4.04. The summed E-state index contributed by atoms with van der Waals surface area (Å²) in [7, 11) is 0. The van der Waals surface area contributed by atoms with Gasteiger partial charge < -0.3 is 20.5 Å². The quantitative estimate of drug-likeness (QED) is 0.597. The molecule has 0 aliphatic heterocycles.